The van der Waals surface area contributed by atoms with E-state index in [2.05, 4.69) is 15.4 Å². The third-order valence-corrected chi connectivity index (χ3v) is 3.37. The van der Waals surface area contributed by atoms with E-state index < -0.39 is 18.6 Å². The zero-order valence-corrected chi connectivity index (χ0v) is 12.3. The van der Waals surface area contributed by atoms with E-state index in [1.54, 1.807) is 12.3 Å². The predicted octanol–water partition coefficient (Wildman–Crippen LogP) is 2.22. The van der Waals surface area contributed by atoms with Crippen molar-refractivity contribution >= 4 is 17.4 Å². The number of aromatic nitrogens is 3. The molecular weight excluding hydrogens is 311 g/mol. The SMILES string of the molecule is Cc1cnc2c(c1)N(C(=O)c1ccn(CC(F)(F)F)n1)CCN2. The molecule has 0 radical (unpaired) electrons. The monoisotopic (exact) mass is 325 g/mol. The first-order valence-electron chi connectivity index (χ1n) is 6.96. The number of hydrogen-bond acceptors (Lipinski definition) is 4. The van der Waals surface area contributed by atoms with E-state index in [4.69, 9.17) is 0 Å². The van der Waals surface area contributed by atoms with Gasteiger partial charge in [0.1, 0.15) is 12.4 Å². The summed E-state index contributed by atoms with van der Waals surface area (Å²) in [6.45, 7) is 1.53. The summed E-state index contributed by atoms with van der Waals surface area (Å²) in [4.78, 5) is 18.3. The van der Waals surface area contributed by atoms with E-state index in [9.17, 15) is 18.0 Å². The molecule has 1 aliphatic heterocycles. The summed E-state index contributed by atoms with van der Waals surface area (Å²) in [6, 6.07) is 3.10. The number of halogens is 3. The average molecular weight is 325 g/mol. The number of alkyl halides is 3. The summed E-state index contributed by atoms with van der Waals surface area (Å²) in [5.41, 5.74) is 1.46. The van der Waals surface area contributed by atoms with Gasteiger partial charge in [0, 0.05) is 25.5 Å². The maximum atomic E-state index is 12.6. The number of pyridine rings is 1. The molecule has 0 unspecified atom stereocenters. The molecule has 2 aromatic rings. The van der Waals surface area contributed by atoms with Crippen LogP contribution in [0.2, 0.25) is 0 Å². The van der Waals surface area contributed by atoms with Crippen LogP contribution in [0.1, 0.15) is 16.1 Å². The normalized spacial score (nSPS) is 14.3. The predicted molar refractivity (Wildman–Crippen MR) is 77.4 cm³/mol. The van der Waals surface area contributed by atoms with E-state index in [1.807, 2.05) is 6.92 Å². The number of carbonyl (C=O) groups excluding carboxylic acids is 1. The standard InChI is InChI=1S/C14H14F3N5O/c1-9-6-11-12(19-7-9)18-3-5-22(11)13(23)10-2-4-21(20-10)8-14(15,16)17/h2,4,6-7H,3,5,8H2,1H3,(H,18,19). The topological polar surface area (TPSA) is 63.1 Å². The number of rotatable bonds is 2. The Morgan fingerprint density at radius 2 is 2.22 bits per heavy atom. The molecule has 0 aliphatic carbocycles. The first-order valence-corrected chi connectivity index (χ1v) is 6.96. The van der Waals surface area contributed by atoms with Crippen LogP contribution in [0, 0.1) is 6.92 Å². The third-order valence-electron chi connectivity index (χ3n) is 3.37. The number of amides is 1. The Hall–Kier alpha value is -2.58. The molecule has 0 saturated carbocycles. The van der Waals surface area contributed by atoms with Crippen molar-refractivity contribution in [1.82, 2.24) is 14.8 Å². The van der Waals surface area contributed by atoms with Crippen molar-refractivity contribution in [1.29, 1.82) is 0 Å². The number of carbonyl (C=O) groups is 1. The number of aryl methyl sites for hydroxylation is 1. The minimum atomic E-state index is -4.38. The maximum Gasteiger partial charge on any atom is 0.408 e. The fourth-order valence-electron chi connectivity index (χ4n) is 2.40. The molecule has 3 rings (SSSR count). The highest BCUT2D eigenvalue weighted by molar-refractivity contribution is 6.06. The van der Waals surface area contributed by atoms with Crippen LogP contribution >= 0.6 is 0 Å². The van der Waals surface area contributed by atoms with Crippen LogP contribution in [0.25, 0.3) is 0 Å². The van der Waals surface area contributed by atoms with Gasteiger partial charge >= 0.3 is 6.18 Å². The molecule has 0 bridgehead atoms. The second-order valence-electron chi connectivity index (χ2n) is 5.28. The highest BCUT2D eigenvalue weighted by Crippen LogP contribution is 2.28. The molecule has 0 spiro atoms. The molecule has 9 heteroatoms. The molecule has 122 valence electrons. The molecule has 0 atom stereocenters. The molecular formula is C14H14F3N5O. The van der Waals surface area contributed by atoms with Crippen LogP contribution in [0.5, 0.6) is 0 Å². The summed E-state index contributed by atoms with van der Waals surface area (Å²) in [5, 5.41) is 6.81. The van der Waals surface area contributed by atoms with Crippen LogP contribution in [0.3, 0.4) is 0 Å². The van der Waals surface area contributed by atoms with E-state index in [1.165, 1.54) is 11.0 Å². The van der Waals surface area contributed by atoms with E-state index >= 15 is 0 Å². The number of nitrogens with zero attached hydrogens (tertiary/aromatic N) is 4. The summed E-state index contributed by atoms with van der Waals surface area (Å²) < 4.78 is 37.8. The zero-order valence-electron chi connectivity index (χ0n) is 12.3. The average Bonchev–Trinajstić information content (AvgIpc) is 2.92. The lowest BCUT2D eigenvalue weighted by atomic mass is 10.2. The summed E-state index contributed by atoms with van der Waals surface area (Å²) >= 11 is 0. The third kappa shape index (κ3) is 3.27. The lowest BCUT2D eigenvalue weighted by Crippen LogP contribution is -2.39. The fourth-order valence-corrected chi connectivity index (χ4v) is 2.40. The summed E-state index contributed by atoms with van der Waals surface area (Å²) in [6.07, 6.45) is -1.55. The van der Waals surface area contributed by atoms with Crippen LogP contribution in [0.4, 0.5) is 24.7 Å². The molecule has 6 nitrogen and oxygen atoms in total. The lowest BCUT2D eigenvalue weighted by Gasteiger charge is -2.29. The first-order chi connectivity index (χ1) is 10.8. The van der Waals surface area contributed by atoms with Crippen molar-refractivity contribution in [3.63, 3.8) is 0 Å². The minimum absolute atomic E-state index is 0.0244. The molecule has 2 aromatic heterocycles. The van der Waals surface area contributed by atoms with Crippen molar-refractivity contribution in [2.75, 3.05) is 23.3 Å². The molecule has 0 saturated heterocycles. The second-order valence-corrected chi connectivity index (χ2v) is 5.28. The van der Waals surface area contributed by atoms with Gasteiger partial charge in [-0.25, -0.2) is 4.98 Å². The molecule has 1 aliphatic rings. The highest BCUT2D eigenvalue weighted by atomic mass is 19.4. The van der Waals surface area contributed by atoms with Gasteiger partial charge in [-0.2, -0.15) is 18.3 Å². The Morgan fingerprint density at radius 1 is 1.43 bits per heavy atom. The summed E-state index contributed by atoms with van der Waals surface area (Å²) in [7, 11) is 0. The van der Waals surface area contributed by atoms with Gasteiger partial charge in [0.05, 0.1) is 5.69 Å². The van der Waals surface area contributed by atoms with Gasteiger partial charge in [-0.05, 0) is 24.6 Å². The Morgan fingerprint density at radius 3 is 2.96 bits per heavy atom. The fraction of sp³-hybridized carbons (Fsp3) is 0.357. The number of hydrogen-bond donors (Lipinski definition) is 1. The summed E-state index contributed by atoms with van der Waals surface area (Å²) in [5.74, 6) is 0.131. The number of nitrogens with one attached hydrogen (secondary N) is 1. The van der Waals surface area contributed by atoms with Crippen LogP contribution in [-0.4, -0.2) is 39.9 Å². The van der Waals surface area contributed by atoms with E-state index in [0.29, 0.717) is 29.3 Å². The largest absolute Gasteiger partial charge is 0.408 e. The minimum Gasteiger partial charge on any atom is -0.367 e. The van der Waals surface area contributed by atoms with Gasteiger partial charge in [-0.3, -0.25) is 9.48 Å². The molecule has 0 aromatic carbocycles. The quantitative estimate of drug-likeness (QED) is 0.920. The van der Waals surface area contributed by atoms with Gasteiger partial charge in [0.15, 0.2) is 5.69 Å². The second kappa shape index (κ2) is 5.56. The van der Waals surface area contributed by atoms with Gasteiger partial charge in [-0.1, -0.05) is 0 Å². The van der Waals surface area contributed by atoms with Gasteiger partial charge in [0.25, 0.3) is 5.91 Å². The zero-order chi connectivity index (χ0) is 16.6. The van der Waals surface area contributed by atoms with Crippen molar-refractivity contribution in [3.8, 4) is 0 Å². The van der Waals surface area contributed by atoms with Gasteiger partial charge in [-0.15, -0.1) is 0 Å². The van der Waals surface area contributed by atoms with Crippen LogP contribution in [0.15, 0.2) is 24.5 Å². The van der Waals surface area contributed by atoms with Gasteiger partial charge < -0.3 is 10.2 Å². The van der Waals surface area contributed by atoms with Crippen LogP contribution < -0.4 is 10.2 Å². The Balaban J connectivity index is 1.86. The molecule has 23 heavy (non-hydrogen) atoms. The molecule has 1 amide bonds. The Bertz CT molecular complexity index is 740. The van der Waals surface area contributed by atoms with Crippen molar-refractivity contribution in [2.45, 2.75) is 19.6 Å². The molecule has 0 fully saturated rings. The Labute approximate surface area is 129 Å². The first kappa shape index (κ1) is 15.3. The maximum absolute atomic E-state index is 12.6. The van der Waals surface area contributed by atoms with E-state index in [0.717, 1.165) is 11.8 Å². The van der Waals surface area contributed by atoms with Gasteiger partial charge in [0.2, 0.25) is 0 Å². The lowest BCUT2D eigenvalue weighted by molar-refractivity contribution is -0.142. The smallest absolute Gasteiger partial charge is 0.367 e. The molecule has 1 N–H and O–H groups in total. The highest BCUT2D eigenvalue weighted by Gasteiger charge is 2.30. The van der Waals surface area contributed by atoms with Crippen molar-refractivity contribution < 1.29 is 18.0 Å². The molecule has 3 heterocycles. The van der Waals surface area contributed by atoms with Crippen LogP contribution in [-0.2, 0) is 6.54 Å². The van der Waals surface area contributed by atoms with Crippen molar-refractivity contribution in [3.05, 3.63) is 35.8 Å². The number of fused-ring (bicyclic) bond motifs is 1. The van der Waals surface area contributed by atoms with E-state index in [-0.39, 0.29) is 5.69 Å². The van der Waals surface area contributed by atoms with Crippen molar-refractivity contribution in [2.24, 2.45) is 0 Å². The Kier molecular flexibility index (Phi) is 3.70. The number of anilines is 2.